The van der Waals surface area contributed by atoms with E-state index in [-0.39, 0.29) is 41.7 Å². The second-order valence-corrected chi connectivity index (χ2v) is 12.0. The number of rotatable bonds is 8. The molecule has 196 valence electrons. The molecule has 3 aromatic rings. The summed E-state index contributed by atoms with van der Waals surface area (Å²) in [7, 11) is -6.60. The lowest BCUT2D eigenvalue weighted by atomic mass is 10.3. The molecule has 0 saturated carbocycles. The Kier molecular flexibility index (Phi) is 7.81. The summed E-state index contributed by atoms with van der Waals surface area (Å²) in [5, 5.41) is 0. The summed E-state index contributed by atoms with van der Waals surface area (Å²) < 4.78 is 74.6. The molecule has 1 aliphatic heterocycles. The molecule has 12 heteroatoms. The fourth-order valence-electron chi connectivity index (χ4n) is 3.97. The monoisotopic (exact) mass is 547 g/mol. The van der Waals surface area contributed by atoms with E-state index in [4.69, 9.17) is 4.74 Å². The Labute approximate surface area is 215 Å². The van der Waals surface area contributed by atoms with E-state index >= 15 is 0 Å². The number of carbonyl (C=O) groups is 1. The second-order valence-electron chi connectivity index (χ2n) is 8.24. The first-order chi connectivity index (χ1) is 17.6. The molecule has 0 spiro atoms. The smallest absolute Gasteiger partial charge is 0.264 e. The molecule has 9 nitrogen and oxygen atoms in total. The SMILES string of the molecule is COc1ccc(S(=O)(=O)N(CC(=O)N2CCN(S(=O)(=O)c3ccccc3)CC2)c2ccccc2F)cc1. The maximum atomic E-state index is 14.7. The van der Waals surface area contributed by atoms with Gasteiger partial charge in [0.1, 0.15) is 18.1 Å². The summed E-state index contributed by atoms with van der Waals surface area (Å²) >= 11 is 0. The van der Waals surface area contributed by atoms with Crippen LogP contribution in [-0.4, -0.2) is 71.8 Å². The molecule has 0 unspecified atom stereocenters. The first-order valence-corrected chi connectivity index (χ1v) is 14.3. The molecule has 0 atom stereocenters. The van der Waals surface area contributed by atoms with E-state index < -0.39 is 38.3 Å². The predicted molar refractivity (Wildman–Crippen MR) is 136 cm³/mol. The van der Waals surface area contributed by atoms with Crippen LogP contribution in [0.4, 0.5) is 10.1 Å². The Balaban J connectivity index is 1.54. The van der Waals surface area contributed by atoms with Gasteiger partial charge in [0.2, 0.25) is 15.9 Å². The number of benzene rings is 3. The minimum atomic E-state index is -4.32. The number of anilines is 1. The summed E-state index contributed by atoms with van der Waals surface area (Å²) in [6.07, 6.45) is 0. The number of halogens is 1. The zero-order chi connectivity index (χ0) is 26.6. The van der Waals surface area contributed by atoms with Crippen LogP contribution >= 0.6 is 0 Å². The Morgan fingerprint density at radius 3 is 2.03 bits per heavy atom. The van der Waals surface area contributed by atoms with E-state index in [2.05, 4.69) is 0 Å². The molecule has 1 amide bonds. The number of piperazine rings is 1. The number of methoxy groups -OCH3 is 1. The van der Waals surface area contributed by atoms with Crippen LogP contribution in [0.5, 0.6) is 5.75 Å². The van der Waals surface area contributed by atoms with Gasteiger partial charge in [0.05, 0.1) is 22.6 Å². The van der Waals surface area contributed by atoms with Crippen molar-refractivity contribution in [3.8, 4) is 5.75 Å². The Morgan fingerprint density at radius 2 is 1.43 bits per heavy atom. The van der Waals surface area contributed by atoms with Gasteiger partial charge in [0.15, 0.2) is 0 Å². The maximum Gasteiger partial charge on any atom is 0.264 e. The van der Waals surface area contributed by atoms with E-state index in [1.165, 1.54) is 70.9 Å². The number of sulfonamides is 2. The highest BCUT2D eigenvalue weighted by molar-refractivity contribution is 7.92. The number of para-hydroxylation sites is 1. The summed E-state index contributed by atoms with van der Waals surface area (Å²) in [5.41, 5.74) is -0.267. The predicted octanol–water partition coefficient (Wildman–Crippen LogP) is 2.56. The molecule has 3 aromatic carbocycles. The third-order valence-corrected chi connectivity index (χ3v) is 9.71. The highest BCUT2D eigenvalue weighted by Gasteiger charge is 2.34. The van der Waals surface area contributed by atoms with Gasteiger partial charge in [-0.1, -0.05) is 30.3 Å². The van der Waals surface area contributed by atoms with E-state index in [1.54, 1.807) is 18.2 Å². The molecule has 0 radical (unpaired) electrons. The average molecular weight is 548 g/mol. The van der Waals surface area contributed by atoms with E-state index in [9.17, 15) is 26.0 Å². The lowest BCUT2D eigenvalue weighted by molar-refractivity contribution is -0.130. The lowest BCUT2D eigenvalue weighted by Gasteiger charge is -2.35. The van der Waals surface area contributed by atoms with Gasteiger partial charge in [-0.25, -0.2) is 21.2 Å². The maximum absolute atomic E-state index is 14.7. The first-order valence-electron chi connectivity index (χ1n) is 11.4. The van der Waals surface area contributed by atoms with Gasteiger partial charge in [-0.3, -0.25) is 9.10 Å². The fraction of sp³-hybridized carbons (Fsp3) is 0.240. The molecule has 4 rings (SSSR count). The molecule has 1 fully saturated rings. The third-order valence-electron chi connectivity index (χ3n) is 6.02. The van der Waals surface area contributed by atoms with Gasteiger partial charge in [-0.15, -0.1) is 0 Å². The van der Waals surface area contributed by atoms with Crippen molar-refractivity contribution in [2.24, 2.45) is 0 Å². The molecule has 0 aromatic heterocycles. The number of carbonyl (C=O) groups excluding carboxylic acids is 1. The Bertz CT molecular complexity index is 1460. The molecular formula is C25H26FN3O6S2. The van der Waals surface area contributed by atoms with Crippen molar-refractivity contribution in [3.63, 3.8) is 0 Å². The van der Waals surface area contributed by atoms with Crippen LogP contribution in [0.3, 0.4) is 0 Å². The van der Waals surface area contributed by atoms with Crippen LogP contribution in [-0.2, 0) is 24.8 Å². The molecule has 0 bridgehead atoms. The van der Waals surface area contributed by atoms with Gasteiger partial charge in [-0.2, -0.15) is 4.31 Å². The third kappa shape index (κ3) is 5.60. The first kappa shape index (κ1) is 26.6. The number of hydrogen-bond acceptors (Lipinski definition) is 6. The average Bonchev–Trinajstić information content (AvgIpc) is 2.92. The van der Waals surface area contributed by atoms with Gasteiger partial charge in [0, 0.05) is 26.2 Å². The molecule has 1 aliphatic rings. The van der Waals surface area contributed by atoms with Crippen LogP contribution in [0, 0.1) is 5.82 Å². The van der Waals surface area contributed by atoms with Crippen LogP contribution < -0.4 is 9.04 Å². The largest absolute Gasteiger partial charge is 0.497 e. The summed E-state index contributed by atoms with van der Waals surface area (Å²) in [5.74, 6) is -0.931. The van der Waals surface area contributed by atoms with Crippen molar-refractivity contribution in [2.45, 2.75) is 9.79 Å². The number of amides is 1. The number of hydrogen-bond donors (Lipinski definition) is 0. The van der Waals surface area contributed by atoms with E-state index in [0.29, 0.717) is 5.75 Å². The minimum absolute atomic E-state index is 0.0495. The molecule has 1 saturated heterocycles. The quantitative estimate of drug-likeness (QED) is 0.429. The zero-order valence-electron chi connectivity index (χ0n) is 20.0. The van der Waals surface area contributed by atoms with E-state index in [0.717, 1.165) is 10.4 Å². The summed E-state index contributed by atoms with van der Waals surface area (Å²) in [6.45, 7) is -0.417. The Hall–Kier alpha value is -3.48. The van der Waals surface area contributed by atoms with Gasteiger partial charge in [0.25, 0.3) is 10.0 Å². The van der Waals surface area contributed by atoms with Crippen molar-refractivity contribution >= 4 is 31.6 Å². The summed E-state index contributed by atoms with van der Waals surface area (Å²) in [6, 6.07) is 18.8. The normalized spacial score (nSPS) is 14.8. The van der Waals surface area contributed by atoms with Crippen molar-refractivity contribution in [2.75, 3.05) is 44.1 Å². The fourth-order valence-corrected chi connectivity index (χ4v) is 6.84. The van der Waals surface area contributed by atoms with E-state index in [1.807, 2.05) is 0 Å². The van der Waals surface area contributed by atoms with Crippen LogP contribution in [0.15, 0.2) is 88.7 Å². The van der Waals surface area contributed by atoms with Crippen LogP contribution in [0.1, 0.15) is 0 Å². The molecule has 0 N–H and O–H groups in total. The minimum Gasteiger partial charge on any atom is -0.497 e. The van der Waals surface area contributed by atoms with Crippen molar-refractivity contribution in [1.82, 2.24) is 9.21 Å². The standard InChI is InChI=1S/C25H26FN3O6S2/c1-35-20-11-13-22(14-12-20)37(33,34)29(24-10-6-5-9-23(24)26)19-25(30)27-15-17-28(18-16-27)36(31,32)21-7-3-2-4-8-21/h2-14H,15-19H2,1H3. The highest BCUT2D eigenvalue weighted by Crippen LogP contribution is 2.28. The highest BCUT2D eigenvalue weighted by atomic mass is 32.2. The van der Waals surface area contributed by atoms with Crippen molar-refractivity contribution in [3.05, 3.63) is 84.7 Å². The zero-order valence-corrected chi connectivity index (χ0v) is 21.7. The molecule has 1 heterocycles. The van der Waals surface area contributed by atoms with Gasteiger partial charge in [-0.05, 0) is 48.5 Å². The summed E-state index contributed by atoms with van der Waals surface area (Å²) in [4.78, 5) is 14.6. The van der Waals surface area contributed by atoms with Crippen LogP contribution in [0.2, 0.25) is 0 Å². The Morgan fingerprint density at radius 1 is 0.838 bits per heavy atom. The topological polar surface area (TPSA) is 104 Å². The lowest BCUT2D eigenvalue weighted by Crippen LogP contribution is -2.53. The van der Waals surface area contributed by atoms with Crippen molar-refractivity contribution in [1.29, 1.82) is 0 Å². The van der Waals surface area contributed by atoms with Gasteiger partial charge < -0.3 is 9.64 Å². The molecule has 0 aliphatic carbocycles. The molecule has 37 heavy (non-hydrogen) atoms. The van der Waals surface area contributed by atoms with Gasteiger partial charge >= 0.3 is 0 Å². The van der Waals surface area contributed by atoms with Crippen LogP contribution in [0.25, 0.3) is 0 Å². The number of nitrogens with zero attached hydrogens (tertiary/aromatic N) is 3. The molecular weight excluding hydrogens is 521 g/mol. The number of ether oxygens (including phenoxy) is 1. The second kappa shape index (κ2) is 10.9. The van der Waals surface area contributed by atoms with Crippen molar-refractivity contribution < 1.29 is 30.8 Å².